The van der Waals surface area contributed by atoms with Crippen molar-refractivity contribution >= 4 is 5.91 Å². The van der Waals surface area contributed by atoms with Crippen LogP contribution in [0.5, 0.6) is 0 Å². The normalized spacial score (nSPS) is 20.2. The number of hydrogen-bond acceptors (Lipinski definition) is 1. The fourth-order valence-electron chi connectivity index (χ4n) is 0.833. The molecule has 2 nitrogen and oxygen atoms in total. The summed E-state index contributed by atoms with van der Waals surface area (Å²) in [7, 11) is 0. The summed E-state index contributed by atoms with van der Waals surface area (Å²) in [5.74, 6) is 0.180. The largest absolute Gasteiger partial charge is 0.356 e. The maximum Gasteiger partial charge on any atom is 0.220 e. The second kappa shape index (κ2) is 3.28. The van der Waals surface area contributed by atoms with Gasteiger partial charge in [0.2, 0.25) is 5.91 Å². The summed E-state index contributed by atoms with van der Waals surface area (Å²) < 4.78 is 0. The third-order valence-corrected chi connectivity index (χ3v) is 1.34. The topological polar surface area (TPSA) is 29.1 Å². The number of rotatable bonds is 0. The molecule has 0 fully saturated rings. The summed E-state index contributed by atoms with van der Waals surface area (Å²) in [4.78, 5) is 10.7. The van der Waals surface area contributed by atoms with Crippen LogP contribution in [0.25, 0.3) is 0 Å². The van der Waals surface area contributed by atoms with Gasteiger partial charge in [-0.15, -0.1) is 0 Å². The van der Waals surface area contributed by atoms with Gasteiger partial charge in [-0.25, -0.2) is 0 Å². The minimum atomic E-state index is 0.180. The molecule has 1 aliphatic heterocycles. The summed E-state index contributed by atoms with van der Waals surface area (Å²) in [5.41, 5.74) is 0. The highest BCUT2D eigenvalue weighted by Crippen LogP contribution is 1.95. The van der Waals surface area contributed by atoms with Crippen LogP contribution in [-0.2, 0) is 4.79 Å². The zero-order valence-corrected chi connectivity index (χ0v) is 5.39. The van der Waals surface area contributed by atoms with Crippen LogP contribution in [0.15, 0.2) is 12.2 Å². The van der Waals surface area contributed by atoms with Crippen molar-refractivity contribution in [2.24, 2.45) is 0 Å². The quantitative estimate of drug-likeness (QED) is 0.477. The zero-order chi connectivity index (χ0) is 6.53. The van der Waals surface area contributed by atoms with E-state index in [9.17, 15) is 4.79 Å². The summed E-state index contributed by atoms with van der Waals surface area (Å²) in [5, 5.41) is 2.79. The average molecular weight is 125 g/mol. The molecule has 1 aliphatic rings. The molecule has 0 saturated carbocycles. The maximum absolute atomic E-state index is 10.7. The molecular formula is C7H11NO. The third-order valence-electron chi connectivity index (χ3n) is 1.34. The first-order chi connectivity index (χ1) is 4.39. The van der Waals surface area contributed by atoms with Gasteiger partial charge in [-0.2, -0.15) is 0 Å². The minimum Gasteiger partial charge on any atom is -0.356 e. The van der Waals surface area contributed by atoms with Crippen molar-refractivity contribution in [1.29, 1.82) is 0 Å². The Bertz CT molecular complexity index is 129. The Labute approximate surface area is 54.9 Å². The van der Waals surface area contributed by atoms with Gasteiger partial charge in [0.1, 0.15) is 0 Å². The highest BCUT2D eigenvalue weighted by Gasteiger charge is 1.98. The Hall–Kier alpha value is -0.790. The molecule has 1 rings (SSSR count). The van der Waals surface area contributed by atoms with Gasteiger partial charge < -0.3 is 5.32 Å². The Morgan fingerprint density at radius 2 is 2.11 bits per heavy atom. The molecule has 0 aromatic carbocycles. The lowest BCUT2D eigenvalue weighted by molar-refractivity contribution is -0.121. The molecular weight excluding hydrogens is 114 g/mol. The van der Waals surface area contributed by atoms with Crippen molar-refractivity contribution in [2.75, 3.05) is 6.54 Å². The highest BCUT2D eigenvalue weighted by atomic mass is 16.1. The SMILES string of the molecule is O=C1CCC=CCCN1. The molecule has 1 amide bonds. The monoisotopic (exact) mass is 125 g/mol. The standard InChI is InChI=1S/C7H11NO/c9-7-5-3-1-2-4-6-8-7/h1-2H,3-6H2,(H,8,9). The lowest BCUT2D eigenvalue weighted by Gasteiger charge is -2.03. The maximum atomic E-state index is 10.7. The first-order valence-electron chi connectivity index (χ1n) is 3.31. The molecule has 0 aliphatic carbocycles. The van der Waals surface area contributed by atoms with Crippen molar-refractivity contribution in [3.8, 4) is 0 Å². The second-order valence-electron chi connectivity index (χ2n) is 2.15. The Kier molecular flexibility index (Phi) is 2.31. The Morgan fingerprint density at radius 3 is 3.00 bits per heavy atom. The van der Waals surface area contributed by atoms with E-state index in [1.807, 2.05) is 0 Å². The predicted molar refractivity (Wildman–Crippen MR) is 36.0 cm³/mol. The van der Waals surface area contributed by atoms with Gasteiger partial charge in [0, 0.05) is 13.0 Å². The van der Waals surface area contributed by atoms with Gasteiger partial charge in [-0.1, -0.05) is 12.2 Å². The van der Waals surface area contributed by atoms with Crippen LogP contribution in [-0.4, -0.2) is 12.5 Å². The van der Waals surface area contributed by atoms with Crippen molar-refractivity contribution < 1.29 is 4.79 Å². The second-order valence-corrected chi connectivity index (χ2v) is 2.15. The van der Waals surface area contributed by atoms with E-state index < -0.39 is 0 Å². The van der Waals surface area contributed by atoms with Crippen molar-refractivity contribution in [3.05, 3.63) is 12.2 Å². The average Bonchev–Trinajstić information content (AvgIpc) is 1.79. The van der Waals surface area contributed by atoms with Crippen LogP contribution in [0.4, 0.5) is 0 Å². The molecule has 1 heterocycles. The molecule has 0 atom stereocenters. The fourth-order valence-corrected chi connectivity index (χ4v) is 0.833. The van der Waals surface area contributed by atoms with E-state index in [1.54, 1.807) is 0 Å². The van der Waals surface area contributed by atoms with E-state index in [1.165, 1.54) is 0 Å². The number of carbonyl (C=O) groups excluding carboxylic acids is 1. The van der Waals surface area contributed by atoms with Gasteiger partial charge in [-0.3, -0.25) is 4.79 Å². The lowest BCUT2D eigenvalue weighted by Crippen LogP contribution is -2.24. The Balaban J connectivity index is 2.35. The molecule has 0 unspecified atom stereocenters. The third kappa shape index (κ3) is 2.31. The smallest absolute Gasteiger partial charge is 0.220 e. The number of allylic oxidation sites excluding steroid dienone is 1. The van der Waals surface area contributed by atoms with Gasteiger partial charge in [0.05, 0.1) is 0 Å². The van der Waals surface area contributed by atoms with E-state index in [0.717, 1.165) is 19.4 Å². The van der Waals surface area contributed by atoms with E-state index in [4.69, 9.17) is 0 Å². The van der Waals surface area contributed by atoms with Crippen LogP contribution >= 0.6 is 0 Å². The number of hydrogen-bond donors (Lipinski definition) is 1. The molecule has 0 aromatic heterocycles. The van der Waals surface area contributed by atoms with Gasteiger partial charge in [-0.05, 0) is 12.8 Å². The van der Waals surface area contributed by atoms with Crippen LogP contribution in [0.1, 0.15) is 19.3 Å². The molecule has 2 heteroatoms. The van der Waals surface area contributed by atoms with Crippen molar-refractivity contribution in [1.82, 2.24) is 5.32 Å². The van der Waals surface area contributed by atoms with Crippen LogP contribution in [0.2, 0.25) is 0 Å². The van der Waals surface area contributed by atoms with Gasteiger partial charge >= 0.3 is 0 Å². The van der Waals surface area contributed by atoms with Crippen LogP contribution in [0, 0.1) is 0 Å². The molecule has 50 valence electrons. The van der Waals surface area contributed by atoms with E-state index in [-0.39, 0.29) is 5.91 Å². The van der Waals surface area contributed by atoms with Crippen LogP contribution in [0.3, 0.4) is 0 Å². The molecule has 0 radical (unpaired) electrons. The molecule has 0 aromatic rings. The van der Waals surface area contributed by atoms with E-state index in [0.29, 0.717) is 6.42 Å². The number of amides is 1. The zero-order valence-electron chi connectivity index (χ0n) is 5.39. The van der Waals surface area contributed by atoms with E-state index in [2.05, 4.69) is 17.5 Å². The Morgan fingerprint density at radius 1 is 1.33 bits per heavy atom. The molecule has 9 heavy (non-hydrogen) atoms. The summed E-state index contributed by atoms with van der Waals surface area (Å²) >= 11 is 0. The van der Waals surface area contributed by atoms with Gasteiger partial charge in [0.25, 0.3) is 0 Å². The van der Waals surface area contributed by atoms with Crippen molar-refractivity contribution in [3.63, 3.8) is 0 Å². The van der Waals surface area contributed by atoms with Gasteiger partial charge in [0.15, 0.2) is 0 Å². The molecule has 1 N–H and O–H groups in total. The van der Waals surface area contributed by atoms with Crippen molar-refractivity contribution in [2.45, 2.75) is 19.3 Å². The lowest BCUT2D eigenvalue weighted by atomic mass is 10.2. The number of nitrogens with one attached hydrogen (secondary N) is 1. The van der Waals surface area contributed by atoms with Crippen LogP contribution < -0.4 is 5.32 Å². The summed E-state index contributed by atoms with van der Waals surface area (Å²) in [6, 6.07) is 0. The highest BCUT2D eigenvalue weighted by molar-refractivity contribution is 5.76. The first-order valence-corrected chi connectivity index (χ1v) is 3.31. The summed E-state index contributed by atoms with van der Waals surface area (Å²) in [6.07, 6.45) is 6.70. The molecule has 0 spiro atoms. The summed E-state index contributed by atoms with van der Waals surface area (Å²) in [6.45, 7) is 0.801. The minimum absolute atomic E-state index is 0.180. The van der Waals surface area contributed by atoms with E-state index >= 15 is 0 Å². The first kappa shape index (κ1) is 6.33. The molecule has 0 bridgehead atoms. The molecule has 0 saturated heterocycles. The predicted octanol–water partition coefficient (Wildman–Crippen LogP) is 0.843. The number of carbonyl (C=O) groups is 1. The fraction of sp³-hybridized carbons (Fsp3) is 0.571.